The molecule has 14 heteroatoms. The van der Waals surface area contributed by atoms with Crippen LogP contribution in [0.2, 0.25) is 0 Å². The Morgan fingerprint density at radius 2 is 1.48 bits per heavy atom. The average molecular weight is 873 g/mol. The largest absolute Gasteiger partial charge is 0.372 e. The molecule has 0 spiro atoms. The minimum absolute atomic E-state index is 0. The maximum Gasteiger partial charge on any atom is 0.278 e. The number of carbonyl (C=O) groups is 2. The molecule has 9 rings (SSSR count). The van der Waals surface area contributed by atoms with Gasteiger partial charge in [-0.2, -0.15) is 18.5 Å². The summed E-state index contributed by atoms with van der Waals surface area (Å²) in [5, 5.41) is 10.2. The van der Waals surface area contributed by atoms with Crippen LogP contribution in [0.3, 0.4) is 0 Å². The Kier molecular flexibility index (Phi) is 15.0. The molecule has 5 aromatic rings. The number of hydrogen-bond acceptors (Lipinski definition) is 10. The molecule has 0 bridgehead atoms. The first-order valence-corrected chi connectivity index (χ1v) is 22.9. The molecule has 3 aromatic heterocycles. The monoisotopic (exact) mass is 872 g/mol. The second kappa shape index (κ2) is 20.8. The van der Waals surface area contributed by atoms with Crippen LogP contribution in [-0.4, -0.2) is 74.9 Å². The number of aryl methyl sites for hydroxylation is 1. The third-order valence-electron chi connectivity index (χ3n) is 13.0. The quantitative estimate of drug-likeness (QED) is 0.0838. The lowest BCUT2D eigenvalue weighted by atomic mass is 9.90. The van der Waals surface area contributed by atoms with Crippen LogP contribution in [0.25, 0.3) is 16.9 Å². The zero-order valence-corrected chi connectivity index (χ0v) is 38.1. The van der Waals surface area contributed by atoms with Gasteiger partial charge in [0.25, 0.3) is 5.56 Å². The number of pyridine rings is 1. The average Bonchev–Trinajstić information content (AvgIpc) is 3.83. The van der Waals surface area contributed by atoms with E-state index in [1.165, 1.54) is 23.4 Å². The number of carbonyl (C=O) groups excluding carboxylic acids is 2. The lowest BCUT2D eigenvalue weighted by Gasteiger charge is -2.37. The lowest BCUT2D eigenvalue weighted by molar-refractivity contribution is -0.134. The Morgan fingerprint density at radius 3 is 2.13 bits per heavy atom. The fourth-order valence-corrected chi connectivity index (χ4v) is 9.53. The van der Waals surface area contributed by atoms with Crippen LogP contribution >= 0.6 is 13.5 Å². The molecule has 3 saturated heterocycles. The van der Waals surface area contributed by atoms with Crippen molar-refractivity contribution in [3.63, 3.8) is 0 Å². The normalized spacial score (nSPS) is 19.2. The highest BCUT2D eigenvalue weighted by atomic mass is 32.1. The number of benzene rings is 2. The minimum Gasteiger partial charge on any atom is -0.372 e. The summed E-state index contributed by atoms with van der Waals surface area (Å²) in [6.07, 6.45) is 13.3. The standard InChI is InChI=1S/C46H54N10O3.C3H8.H2S/c1-3-23-55-45(59)39-29-48-46(52-43(39)56(55)40-17-9-33-6-5-31(4-2)42(33)50-40)49-35-10-14-37(15-11-35)53-24-19-30(20-25-53)28-47-34-21-26-54(27-22-34)36-12-7-32(8-13-36)38-16-18-41(57)51-44(38)58;1-3-2;/h3,7-15,17,29-31,34,38,47H,1,4-6,16,18-28H2,2H3,(H,48,49,52)(H,51,57,58);3H2,1-2H3;1H2. The highest BCUT2D eigenvalue weighted by molar-refractivity contribution is 7.59. The Bertz CT molecular complexity index is 2420. The van der Waals surface area contributed by atoms with E-state index in [9.17, 15) is 14.4 Å². The molecule has 3 N–H and O–H groups in total. The van der Waals surface area contributed by atoms with Gasteiger partial charge in [0, 0.05) is 73.5 Å². The summed E-state index contributed by atoms with van der Waals surface area (Å²) in [6.45, 7) is 15.8. The van der Waals surface area contributed by atoms with Crippen molar-refractivity contribution in [2.45, 2.75) is 109 Å². The first-order chi connectivity index (χ1) is 30.3. The number of amides is 2. The number of imide groups is 1. The second-order valence-corrected chi connectivity index (χ2v) is 17.4. The van der Waals surface area contributed by atoms with Gasteiger partial charge in [0.2, 0.25) is 17.8 Å². The van der Waals surface area contributed by atoms with E-state index in [4.69, 9.17) is 9.97 Å². The van der Waals surface area contributed by atoms with Crippen molar-refractivity contribution < 1.29 is 9.59 Å². The number of allylic oxidation sites excluding steroid dienone is 1. The highest BCUT2D eigenvalue weighted by Gasteiger charge is 2.29. The van der Waals surface area contributed by atoms with Crippen molar-refractivity contribution in [3.05, 3.63) is 107 Å². The zero-order chi connectivity index (χ0) is 43.2. The molecule has 4 aliphatic rings. The summed E-state index contributed by atoms with van der Waals surface area (Å²) in [5.74, 6) is 1.59. The van der Waals surface area contributed by atoms with Crippen LogP contribution in [0, 0.1) is 5.92 Å². The van der Waals surface area contributed by atoms with Crippen molar-refractivity contribution in [1.82, 2.24) is 34.9 Å². The number of nitrogens with one attached hydrogen (secondary N) is 3. The third kappa shape index (κ3) is 10.2. The van der Waals surface area contributed by atoms with Gasteiger partial charge in [0.15, 0.2) is 11.5 Å². The molecule has 0 radical (unpaired) electrons. The number of fused-ring (bicyclic) bond motifs is 2. The number of rotatable bonds is 12. The molecule has 334 valence electrons. The molecule has 0 saturated carbocycles. The van der Waals surface area contributed by atoms with Gasteiger partial charge >= 0.3 is 0 Å². The van der Waals surface area contributed by atoms with Gasteiger partial charge < -0.3 is 20.4 Å². The fraction of sp³-hybridized carbons (Fsp3) is 0.469. The summed E-state index contributed by atoms with van der Waals surface area (Å²) in [5.41, 5.74) is 7.03. The molecule has 2 unspecified atom stereocenters. The van der Waals surface area contributed by atoms with Gasteiger partial charge in [0.1, 0.15) is 5.39 Å². The van der Waals surface area contributed by atoms with Crippen molar-refractivity contribution in [2.24, 2.45) is 5.92 Å². The van der Waals surface area contributed by atoms with Crippen LogP contribution in [0.4, 0.5) is 23.0 Å². The molecule has 1 aliphatic carbocycles. The Morgan fingerprint density at radius 1 is 0.810 bits per heavy atom. The van der Waals surface area contributed by atoms with Crippen LogP contribution in [0.1, 0.15) is 107 Å². The molecule has 13 nitrogen and oxygen atoms in total. The second-order valence-electron chi connectivity index (χ2n) is 17.4. The van der Waals surface area contributed by atoms with E-state index >= 15 is 0 Å². The molecule has 3 fully saturated rings. The fourth-order valence-electron chi connectivity index (χ4n) is 9.53. The number of anilines is 4. The van der Waals surface area contributed by atoms with E-state index < -0.39 is 0 Å². The van der Waals surface area contributed by atoms with Gasteiger partial charge in [-0.3, -0.25) is 19.7 Å². The first kappa shape index (κ1) is 45.6. The molecule has 63 heavy (non-hydrogen) atoms. The smallest absolute Gasteiger partial charge is 0.278 e. The topological polar surface area (TPSA) is 142 Å². The van der Waals surface area contributed by atoms with Crippen molar-refractivity contribution in [3.8, 4) is 5.82 Å². The number of nitrogens with zero attached hydrogens (tertiary/aromatic N) is 7. The van der Waals surface area contributed by atoms with Crippen molar-refractivity contribution in [2.75, 3.05) is 47.8 Å². The van der Waals surface area contributed by atoms with Crippen LogP contribution in [0.15, 0.2) is 84.3 Å². The lowest BCUT2D eigenvalue weighted by Crippen LogP contribution is -2.45. The summed E-state index contributed by atoms with van der Waals surface area (Å²) >= 11 is 0. The minimum atomic E-state index is -0.241. The SMILES string of the molecule is C=CCn1c(=O)c2cnc(Nc3ccc(N4CCC(CNC5CCN(c6ccc(C7CCC(=O)NC7=O)cc6)CC5)CC4)cc3)nc2n1-c1ccc2c(n1)C(CC)CC2.CCC.S. The molecular weight excluding hydrogens is 809 g/mol. The summed E-state index contributed by atoms with van der Waals surface area (Å²) < 4.78 is 3.45. The van der Waals surface area contributed by atoms with E-state index in [0.717, 1.165) is 94.6 Å². The molecule has 2 amide bonds. The van der Waals surface area contributed by atoms with E-state index in [1.807, 2.05) is 22.9 Å². The van der Waals surface area contributed by atoms with E-state index in [0.29, 0.717) is 60.1 Å². The molecule has 6 heterocycles. The molecular formula is C49H64N10O3S. The maximum absolute atomic E-state index is 13.5. The van der Waals surface area contributed by atoms with Crippen LogP contribution < -0.4 is 31.3 Å². The van der Waals surface area contributed by atoms with Crippen LogP contribution in [-0.2, 0) is 22.6 Å². The number of hydrogen-bond donors (Lipinski definition) is 3. The zero-order valence-electron chi connectivity index (χ0n) is 37.1. The van der Waals surface area contributed by atoms with E-state index in [-0.39, 0.29) is 36.8 Å². The number of piperidine rings is 3. The van der Waals surface area contributed by atoms with Gasteiger partial charge in [-0.25, -0.2) is 19.3 Å². The molecule has 2 aromatic carbocycles. The van der Waals surface area contributed by atoms with Crippen molar-refractivity contribution >= 4 is 59.4 Å². The van der Waals surface area contributed by atoms with Gasteiger partial charge in [-0.15, -0.1) is 6.58 Å². The van der Waals surface area contributed by atoms with Gasteiger partial charge in [-0.1, -0.05) is 51.5 Å². The predicted octanol–water partition coefficient (Wildman–Crippen LogP) is 7.87. The van der Waals surface area contributed by atoms with Crippen molar-refractivity contribution in [1.29, 1.82) is 0 Å². The predicted molar refractivity (Wildman–Crippen MR) is 258 cm³/mol. The van der Waals surface area contributed by atoms with E-state index in [1.54, 1.807) is 17.0 Å². The highest BCUT2D eigenvalue weighted by Crippen LogP contribution is 2.35. The maximum atomic E-state index is 13.5. The Hall–Kier alpha value is -5.47. The molecule has 3 aliphatic heterocycles. The first-order valence-electron chi connectivity index (χ1n) is 22.9. The van der Waals surface area contributed by atoms with E-state index in [2.05, 4.69) is 101 Å². The van der Waals surface area contributed by atoms with Crippen LogP contribution in [0.5, 0.6) is 0 Å². The van der Waals surface area contributed by atoms with Gasteiger partial charge in [-0.05, 0) is 117 Å². The Labute approximate surface area is 378 Å². The Balaban J connectivity index is 0.00000145. The van der Waals surface area contributed by atoms with Gasteiger partial charge in [0.05, 0.1) is 12.5 Å². The summed E-state index contributed by atoms with van der Waals surface area (Å²) in [6, 6.07) is 21.5. The molecule has 2 atom stereocenters. The summed E-state index contributed by atoms with van der Waals surface area (Å²) in [4.78, 5) is 56.7. The third-order valence-corrected chi connectivity index (χ3v) is 13.0. The number of aromatic nitrogens is 5. The summed E-state index contributed by atoms with van der Waals surface area (Å²) in [7, 11) is 0.